The minimum Gasteiger partial charge on any atom is -0.493 e. The number of nitrogens with one attached hydrogen (secondary N) is 2. The van der Waals surface area contributed by atoms with E-state index in [2.05, 4.69) is 5.32 Å². The second kappa shape index (κ2) is 11.1. The molecular weight excluding hydrogens is 428 g/mol. The summed E-state index contributed by atoms with van der Waals surface area (Å²) >= 11 is 0. The summed E-state index contributed by atoms with van der Waals surface area (Å²) in [4.78, 5) is 24.5. The number of anilines is 1. The third-order valence-electron chi connectivity index (χ3n) is 5.39. The molecule has 2 amide bonds. The first-order valence-electron chi connectivity index (χ1n) is 11.1. The average Bonchev–Trinajstić information content (AvgIpc) is 3.70. The van der Waals surface area contributed by atoms with E-state index in [0.29, 0.717) is 23.8 Å². The van der Waals surface area contributed by atoms with Gasteiger partial charge in [-0.2, -0.15) is 0 Å². The zero-order valence-corrected chi connectivity index (χ0v) is 18.6. The molecular formula is C28H26N2O4. The Morgan fingerprint density at radius 2 is 1.68 bits per heavy atom. The number of amides is 2. The largest absolute Gasteiger partial charge is 0.493 e. The summed E-state index contributed by atoms with van der Waals surface area (Å²) in [5.41, 5.74) is 5.13. The van der Waals surface area contributed by atoms with Crippen molar-refractivity contribution >= 4 is 35.2 Å². The van der Waals surface area contributed by atoms with Crippen LogP contribution >= 0.6 is 0 Å². The number of rotatable bonds is 9. The number of para-hydroxylation sites is 1. The number of hydrogen-bond acceptors (Lipinski definition) is 4. The molecule has 0 radical (unpaired) electrons. The third kappa shape index (κ3) is 6.67. The van der Waals surface area contributed by atoms with E-state index >= 15 is 0 Å². The van der Waals surface area contributed by atoms with Crippen molar-refractivity contribution in [1.82, 2.24) is 5.48 Å². The van der Waals surface area contributed by atoms with E-state index in [1.165, 1.54) is 18.9 Å². The van der Waals surface area contributed by atoms with Crippen LogP contribution in [0.5, 0.6) is 5.75 Å². The molecule has 0 unspecified atom stereocenters. The lowest BCUT2D eigenvalue weighted by Crippen LogP contribution is -2.14. The quantitative estimate of drug-likeness (QED) is 0.180. The maximum atomic E-state index is 13.3. The number of hydrogen-bond donors (Lipinski definition) is 3. The Morgan fingerprint density at radius 3 is 2.38 bits per heavy atom. The molecule has 1 aliphatic rings. The van der Waals surface area contributed by atoms with Crippen LogP contribution in [0.25, 0.3) is 17.7 Å². The van der Waals surface area contributed by atoms with E-state index < -0.39 is 5.91 Å². The van der Waals surface area contributed by atoms with Gasteiger partial charge in [0.25, 0.3) is 11.8 Å². The smallest absolute Gasteiger partial charge is 0.267 e. The van der Waals surface area contributed by atoms with Gasteiger partial charge in [-0.15, -0.1) is 0 Å². The Kier molecular flexibility index (Phi) is 7.53. The van der Waals surface area contributed by atoms with Crippen LogP contribution in [-0.2, 0) is 9.59 Å². The second-order valence-electron chi connectivity index (χ2n) is 8.14. The molecule has 1 saturated carbocycles. The lowest BCUT2D eigenvalue weighted by Gasteiger charge is -2.12. The fourth-order valence-corrected chi connectivity index (χ4v) is 3.33. The zero-order valence-electron chi connectivity index (χ0n) is 18.6. The van der Waals surface area contributed by atoms with Crippen LogP contribution in [0.15, 0.2) is 84.9 Å². The van der Waals surface area contributed by atoms with Gasteiger partial charge in [0.2, 0.25) is 0 Å². The third-order valence-corrected chi connectivity index (χ3v) is 5.39. The molecule has 1 fully saturated rings. The molecule has 0 heterocycles. The lowest BCUT2D eigenvalue weighted by atomic mass is 10.0. The van der Waals surface area contributed by atoms with Gasteiger partial charge in [0.05, 0.1) is 6.61 Å². The first-order chi connectivity index (χ1) is 16.6. The molecule has 0 saturated heterocycles. The summed E-state index contributed by atoms with van der Waals surface area (Å²) in [7, 11) is 0. The first-order valence-corrected chi connectivity index (χ1v) is 11.1. The molecule has 0 aliphatic heterocycles. The second-order valence-corrected chi connectivity index (χ2v) is 8.14. The summed E-state index contributed by atoms with van der Waals surface area (Å²) in [5.74, 6) is 0.545. The predicted octanol–water partition coefficient (Wildman–Crippen LogP) is 5.17. The van der Waals surface area contributed by atoms with Gasteiger partial charge in [-0.25, -0.2) is 5.48 Å². The summed E-state index contributed by atoms with van der Waals surface area (Å²) in [6.45, 7) is 0.696. The molecule has 3 aromatic rings. The molecule has 3 N–H and O–H groups in total. The molecule has 0 bridgehead atoms. The highest BCUT2D eigenvalue weighted by atomic mass is 16.5. The number of hydroxylamine groups is 1. The summed E-state index contributed by atoms with van der Waals surface area (Å²) < 4.78 is 5.92. The van der Waals surface area contributed by atoms with E-state index in [1.54, 1.807) is 11.6 Å². The standard InChI is InChI=1S/C28H26N2O4/c31-27(30-33)16-15-20-9-11-21(12-10-20)17-26(28(32)29-24-6-2-1-3-7-24)23-5-4-8-25(18-23)34-19-22-13-14-22/h1-12,15-18,22,33H,13-14,19H2,(H,29,32)(H,30,31)/b16-15+,26-17?. The van der Waals surface area contributed by atoms with E-state index in [4.69, 9.17) is 9.94 Å². The van der Waals surface area contributed by atoms with E-state index in [9.17, 15) is 9.59 Å². The Labute approximate surface area is 198 Å². The fourth-order valence-electron chi connectivity index (χ4n) is 3.33. The van der Waals surface area contributed by atoms with Crippen molar-refractivity contribution in [3.05, 3.63) is 102 Å². The van der Waals surface area contributed by atoms with Crippen molar-refractivity contribution in [2.24, 2.45) is 5.92 Å². The van der Waals surface area contributed by atoms with Crippen LogP contribution in [0, 0.1) is 5.92 Å². The molecule has 34 heavy (non-hydrogen) atoms. The molecule has 3 aromatic carbocycles. The number of benzene rings is 3. The number of ether oxygens (including phenoxy) is 1. The Balaban J connectivity index is 1.61. The molecule has 6 nitrogen and oxygen atoms in total. The van der Waals surface area contributed by atoms with Crippen LogP contribution < -0.4 is 15.5 Å². The molecule has 172 valence electrons. The zero-order chi connectivity index (χ0) is 23.8. The molecule has 6 heteroatoms. The van der Waals surface area contributed by atoms with E-state index in [0.717, 1.165) is 22.4 Å². The summed E-state index contributed by atoms with van der Waals surface area (Å²) in [6, 6.07) is 24.3. The highest BCUT2D eigenvalue weighted by molar-refractivity contribution is 6.29. The molecule has 0 aromatic heterocycles. The van der Waals surface area contributed by atoms with Crippen molar-refractivity contribution in [3.8, 4) is 5.75 Å². The normalized spacial score (nSPS) is 13.5. The first kappa shape index (κ1) is 23.0. The summed E-state index contributed by atoms with van der Waals surface area (Å²) in [5, 5.41) is 11.6. The van der Waals surface area contributed by atoms with Crippen LogP contribution in [-0.4, -0.2) is 23.6 Å². The van der Waals surface area contributed by atoms with Crippen LogP contribution in [0.2, 0.25) is 0 Å². The Hall–Kier alpha value is -4.16. The van der Waals surface area contributed by atoms with Crippen molar-refractivity contribution in [2.45, 2.75) is 12.8 Å². The maximum absolute atomic E-state index is 13.3. The molecule has 0 spiro atoms. The van der Waals surface area contributed by atoms with Gasteiger partial charge in [-0.1, -0.05) is 54.6 Å². The van der Waals surface area contributed by atoms with Crippen molar-refractivity contribution in [1.29, 1.82) is 0 Å². The Morgan fingerprint density at radius 1 is 0.941 bits per heavy atom. The van der Waals surface area contributed by atoms with Crippen LogP contribution in [0.4, 0.5) is 5.69 Å². The van der Waals surface area contributed by atoms with Gasteiger partial charge in [-0.05, 0) is 71.9 Å². The van der Waals surface area contributed by atoms with Gasteiger partial charge in [0.1, 0.15) is 5.75 Å². The summed E-state index contributed by atoms with van der Waals surface area (Å²) in [6.07, 6.45) is 7.06. The predicted molar refractivity (Wildman–Crippen MR) is 133 cm³/mol. The van der Waals surface area contributed by atoms with E-state index in [1.807, 2.05) is 84.9 Å². The highest BCUT2D eigenvalue weighted by Crippen LogP contribution is 2.30. The molecule has 1 aliphatic carbocycles. The van der Waals surface area contributed by atoms with Gasteiger partial charge in [-0.3, -0.25) is 14.8 Å². The van der Waals surface area contributed by atoms with Gasteiger partial charge < -0.3 is 10.1 Å². The van der Waals surface area contributed by atoms with Crippen LogP contribution in [0.3, 0.4) is 0 Å². The van der Waals surface area contributed by atoms with Crippen molar-refractivity contribution in [3.63, 3.8) is 0 Å². The maximum Gasteiger partial charge on any atom is 0.267 e. The molecule has 4 rings (SSSR count). The minimum atomic E-state index is -0.604. The number of carbonyl (C=O) groups is 2. The number of carbonyl (C=O) groups excluding carboxylic acids is 2. The van der Waals surface area contributed by atoms with Gasteiger partial charge in [0, 0.05) is 17.3 Å². The van der Waals surface area contributed by atoms with Gasteiger partial charge >= 0.3 is 0 Å². The molecule has 0 atom stereocenters. The fraction of sp³-hybridized carbons (Fsp3) is 0.143. The minimum absolute atomic E-state index is 0.228. The van der Waals surface area contributed by atoms with E-state index in [-0.39, 0.29) is 5.91 Å². The Bertz CT molecular complexity index is 1200. The lowest BCUT2D eigenvalue weighted by molar-refractivity contribution is -0.124. The average molecular weight is 455 g/mol. The van der Waals surface area contributed by atoms with Crippen LogP contribution in [0.1, 0.15) is 29.5 Å². The SMILES string of the molecule is O=C(/C=C/c1ccc(C=C(C(=O)Nc2ccccc2)c2cccc(OCC3CC3)c2)cc1)NO. The van der Waals surface area contributed by atoms with Crippen molar-refractivity contribution < 1.29 is 19.5 Å². The monoisotopic (exact) mass is 454 g/mol. The topological polar surface area (TPSA) is 87.7 Å². The van der Waals surface area contributed by atoms with Gasteiger partial charge in [0.15, 0.2) is 0 Å². The van der Waals surface area contributed by atoms with Crippen molar-refractivity contribution in [2.75, 3.05) is 11.9 Å². The highest BCUT2D eigenvalue weighted by Gasteiger charge is 2.22.